The van der Waals surface area contributed by atoms with Crippen molar-refractivity contribution in [1.29, 1.82) is 0 Å². The number of hydrogen-bond acceptors (Lipinski definition) is 6. The second kappa shape index (κ2) is 31.4. The Hall–Kier alpha value is -6.05. The van der Waals surface area contributed by atoms with Crippen molar-refractivity contribution in [2.24, 2.45) is 0 Å². The summed E-state index contributed by atoms with van der Waals surface area (Å²) in [5, 5.41) is 0. The highest BCUT2D eigenvalue weighted by molar-refractivity contribution is 6.09. The van der Waals surface area contributed by atoms with Crippen LogP contribution in [0.5, 0.6) is 0 Å². The molecule has 5 aromatic carbocycles. The van der Waals surface area contributed by atoms with Gasteiger partial charge in [0.25, 0.3) is 0 Å². The van der Waals surface area contributed by atoms with E-state index in [1.807, 2.05) is 48.5 Å². The number of ketones is 1. The summed E-state index contributed by atoms with van der Waals surface area (Å²) in [7, 11) is 0. The molecule has 72 heavy (non-hydrogen) atoms. The van der Waals surface area contributed by atoms with Crippen molar-refractivity contribution < 1.29 is 21.8 Å². The zero-order chi connectivity index (χ0) is 51.9. The average molecular weight is 994 g/mol. The van der Waals surface area contributed by atoms with Crippen LogP contribution in [0.4, 0.5) is 28.4 Å². The molecular formula is C64H89ClN6O. The Morgan fingerprint density at radius 3 is 1.10 bits per heavy atom. The lowest BCUT2D eigenvalue weighted by atomic mass is 9.88. The fraction of sp³-hybridized carbons (Fsp3) is 0.406. The number of carbonyl (C=O) groups excluding carboxylic acids is 1. The van der Waals surface area contributed by atoms with Gasteiger partial charge in [-0.05, 0) is 227 Å². The Labute approximate surface area is 443 Å². The van der Waals surface area contributed by atoms with Gasteiger partial charge >= 0.3 is 0 Å². The van der Waals surface area contributed by atoms with E-state index < -0.39 is 0 Å². The number of aryl methyl sites for hydroxylation is 2. The first-order chi connectivity index (χ1) is 34.4. The van der Waals surface area contributed by atoms with Gasteiger partial charge in [-0.2, -0.15) is 0 Å². The number of allylic oxidation sites excluding steroid dienone is 5. The van der Waals surface area contributed by atoms with E-state index in [1.165, 1.54) is 56.2 Å². The van der Waals surface area contributed by atoms with E-state index in [2.05, 4.69) is 217 Å². The van der Waals surface area contributed by atoms with Gasteiger partial charge in [0.2, 0.25) is 0 Å². The first-order valence-electron chi connectivity index (χ1n) is 26.9. The molecule has 0 atom stereocenters. The van der Waals surface area contributed by atoms with Crippen molar-refractivity contribution in [3.63, 3.8) is 0 Å². The summed E-state index contributed by atoms with van der Waals surface area (Å²) in [5.74, 6) is 0.0761. The molecule has 5 aromatic rings. The van der Waals surface area contributed by atoms with E-state index in [-0.39, 0.29) is 18.2 Å². The van der Waals surface area contributed by atoms with E-state index in [1.54, 1.807) is 0 Å². The second-order valence-corrected chi connectivity index (χ2v) is 17.8. The van der Waals surface area contributed by atoms with E-state index >= 15 is 0 Å². The molecule has 0 aliphatic heterocycles. The van der Waals surface area contributed by atoms with Gasteiger partial charge in [-0.25, -0.2) is 4.58 Å². The van der Waals surface area contributed by atoms with E-state index in [0.29, 0.717) is 0 Å². The molecule has 1 aliphatic carbocycles. The summed E-state index contributed by atoms with van der Waals surface area (Å²) >= 11 is 0. The number of rotatable bonds is 21. The van der Waals surface area contributed by atoms with E-state index in [4.69, 9.17) is 0 Å². The number of halogens is 1. The molecule has 6 rings (SSSR count). The Bertz CT molecular complexity index is 2420. The normalized spacial score (nSPS) is 11.4. The minimum atomic E-state index is 0. The van der Waals surface area contributed by atoms with Crippen molar-refractivity contribution in [2.45, 2.75) is 96.9 Å². The van der Waals surface area contributed by atoms with Gasteiger partial charge in [-0.1, -0.05) is 30.3 Å². The number of hydrogen-bond donors (Lipinski definition) is 0. The Morgan fingerprint density at radius 2 is 0.750 bits per heavy atom. The van der Waals surface area contributed by atoms with E-state index in [0.717, 1.165) is 101 Å². The highest BCUT2D eigenvalue weighted by atomic mass is 35.5. The Balaban J connectivity index is 0.000000318. The molecule has 0 unspecified atom stereocenters. The highest BCUT2D eigenvalue weighted by Gasteiger charge is 2.18. The van der Waals surface area contributed by atoms with Gasteiger partial charge in [-0.3, -0.25) is 4.79 Å². The standard InChI is InChI=1S/C32H44N3.C21H28N2O.C11H17N.ClH/c1-8-33(9-2)28-18-14-26(15-19-28)32(27-16-20-29(21-17-27)34(10-3)11-4)31-23-22-30(24-25(31)7)35(12-5)13-6;1-5-22(6-2)19-13-9-17(10-14-19)21(24)18-11-15-20(16-12-18)23(7-3)8-4;1-4-12(5-2)11-8-6-7-10(3)9-11;/h14-24H,8-13H2,1-7H3;9-16H,5-8H2,1-4H3;6-9H,4-5H2,1-3H3;1H/q+1;;;/p-1. The fourth-order valence-electron chi connectivity index (χ4n) is 9.45. The second-order valence-electron chi connectivity index (χ2n) is 17.8. The first kappa shape index (κ1) is 60.3. The maximum atomic E-state index is 12.7. The van der Waals surface area contributed by atoms with E-state index in [9.17, 15) is 4.79 Å². The monoisotopic (exact) mass is 993 g/mol. The van der Waals surface area contributed by atoms with Gasteiger partial charge in [0, 0.05) is 117 Å². The quantitative estimate of drug-likeness (QED) is 0.0539. The van der Waals surface area contributed by atoms with Crippen LogP contribution >= 0.6 is 0 Å². The zero-order valence-corrected chi connectivity index (χ0v) is 47.5. The maximum Gasteiger partial charge on any atom is 0.199 e. The lowest BCUT2D eigenvalue weighted by molar-refractivity contribution is -0.519. The van der Waals surface area contributed by atoms with Crippen LogP contribution in [-0.4, -0.2) is 94.6 Å². The van der Waals surface area contributed by atoms with Crippen LogP contribution in [-0.2, 0) is 0 Å². The molecule has 0 fully saturated rings. The van der Waals surface area contributed by atoms with Gasteiger partial charge in [-0.15, -0.1) is 0 Å². The molecule has 0 bridgehead atoms. The smallest absolute Gasteiger partial charge is 0.199 e. The fourth-order valence-corrected chi connectivity index (χ4v) is 9.45. The number of benzene rings is 5. The van der Waals surface area contributed by atoms with Crippen LogP contribution in [0.1, 0.15) is 121 Å². The van der Waals surface area contributed by atoms with Gasteiger partial charge in [0.15, 0.2) is 11.5 Å². The van der Waals surface area contributed by atoms with Crippen molar-refractivity contribution >= 4 is 45.5 Å². The van der Waals surface area contributed by atoms with Crippen LogP contribution in [0.2, 0.25) is 0 Å². The average Bonchev–Trinajstić information content (AvgIpc) is 3.40. The summed E-state index contributed by atoms with van der Waals surface area (Å²) in [6.45, 7) is 42.8. The molecule has 7 nitrogen and oxygen atoms in total. The lowest BCUT2D eigenvalue weighted by Gasteiger charge is -2.24. The van der Waals surface area contributed by atoms with Crippen molar-refractivity contribution in [2.75, 3.05) is 103 Å². The first-order valence-corrected chi connectivity index (χ1v) is 26.9. The molecule has 8 heteroatoms. The van der Waals surface area contributed by atoms with Crippen LogP contribution in [0, 0.1) is 13.8 Å². The molecule has 0 aromatic heterocycles. The van der Waals surface area contributed by atoms with Crippen LogP contribution < -0.4 is 36.9 Å². The summed E-state index contributed by atoms with van der Waals surface area (Å²) in [6.07, 6.45) is 9.12. The summed E-state index contributed by atoms with van der Waals surface area (Å²) in [5.41, 5.74) is 16.7. The lowest BCUT2D eigenvalue weighted by Crippen LogP contribution is -3.00. The molecule has 388 valence electrons. The molecule has 0 N–H and O–H groups in total. The zero-order valence-electron chi connectivity index (χ0n) is 46.7. The number of carbonyl (C=O) groups is 1. The Morgan fingerprint density at radius 1 is 0.403 bits per heavy atom. The molecule has 0 radical (unpaired) electrons. The van der Waals surface area contributed by atoms with Crippen molar-refractivity contribution in [1.82, 2.24) is 0 Å². The Kier molecular flexibility index (Phi) is 26.3. The predicted octanol–water partition coefficient (Wildman–Crippen LogP) is 11.6. The minimum Gasteiger partial charge on any atom is -1.00 e. The molecule has 0 spiro atoms. The third-order valence-corrected chi connectivity index (χ3v) is 13.8. The predicted molar refractivity (Wildman–Crippen MR) is 314 cm³/mol. The molecule has 1 aliphatic rings. The van der Waals surface area contributed by atoms with Gasteiger partial charge < -0.3 is 36.9 Å². The molecule has 0 heterocycles. The third kappa shape index (κ3) is 16.2. The summed E-state index contributed by atoms with van der Waals surface area (Å²) in [6, 6.07) is 40.5. The van der Waals surface area contributed by atoms with Crippen LogP contribution in [0.3, 0.4) is 0 Å². The number of anilines is 5. The molecule has 0 saturated carbocycles. The third-order valence-electron chi connectivity index (χ3n) is 13.8. The van der Waals surface area contributed by atoms with Crippen LogP contribution in [0.25, 0.3) is 5.57 Å². The summed E-state index contributed by atoms with van der Waals surface area (Å²) in [4.78, 5) is 24.4. The van der Waals surface area contributed by atoms with Crippen molar-refractivity contribution in [3.8, 4) is 0 Å². The highest BCUT2D eigenvalue weighted by Crippen LogP contribution is 2.34. The van der Waals surface area contributed by atoms with Gasteiger partial charge in [0.05, 0.1) is 0 Å². The molecule has 0 amide bonds. The summed E-state index contributed by atoms with van der Waals surface area (Å²) < 4.78 is 2.40. The number of nitrogens with zero attached hydrogens (tertiary/aromatic N) is 6. The largest absolute Gasteiger partial charge is 1.00 e. The van der Waals surface area contributed by atoms with Crippen molar-refractivity contribution in [3.05, 3.63) is 179 Å². The molecular weight excluding hydrogens is 904 g/mol. The topological polar surface area (TPSA) is 36.3 Å². The molecule has 0 saturated heterocycles. The minimum absolute atomic E-state index is 0. The maximum absolute atomic E-state index is 12.7. The van der Waals surface area contributed by atoms with Gasteiger partial charge in [0.1, 0.15) is 13.1 Å². The van der Waals surface area contributed by atoms with Crippen LogP contribution in [0.15, 0.2) is 145 Å². The SMILES string of the molecule is CCN(CC)c1ccc(C(=C2C=CC(=[N+](CC)CC)C=C2)c2ccc(N(CC)CC)cc2C)cc1.CCN(CC)c1ccc(C(=O)c2ccc(N(CC)CC)cc2)cc1.CCN(CC)c1cccc(C)c1.[Cl-].